The third kappa shape index (κ3) is 5.37. The van der Waals surface area contributed by atoms with Crippen LogP contribution in [0, 0.1) is 0 Å². The topological polar surface area (TPSA) is 58.6 Å². The Morgan fingerprint density at radius 3 is 2.36 bits per heavy atom. The number of ether oxygens (including phenoxy) is 1. The molecule has 7 heteroatoms. The molecule has 2 aliphatic heterocycles. The standard InChI is InChI=1S/C26H28N4O2S/c31-25(30-14-16-32-17-15-30)22-10-8-20(9-11-22)19-33-26-27-23(21-6-2-1-3-7-21)18-24(28-26)29-12-4-5-13-29/h1-3,6-11,18H,4-5,12-17,19H2. The number of morpholine rings is 1. The zero-order valence-electron chi connectivity index (χ0n) is 18.7. The molecule has 3 aromatic rings. The van der Waals surface area contributed by atoms with E-state index in [1.807, 2.05) is 47.4 Å². The Kier molecular flexibility index (Phi) is 6.88. The van der Waals surface area contributed by atoms with Crippen molar-refractivity contribution in [1.82, 2.24) is 14.9 Å². The Morgan fingerprint density at radius 2 is 1.64 bits per heavy atom. The summed E-state index contributed by atoms with van der Waals surface area (Å²) < 4.78 is 5.34. The van der Waals surface area contributed by atoms with Crippen molar-refractivity contribution in [2.75, 3.05) is 44.3 Å². The van der Waals surface area contributed by atoms with Crippen LogP contribution in [0.2, 0.25) is 0 Å². The van der Waals surface area contributed by atoms with Crippen LogP contribution in [-0.2, 0) is 10.5 Å². The lowest BCUT2D eigenvalue weighted by Gasteiger charge is -2.26. The highest BCUT2D eigenvalue weighted by Crippen LogP contribution is 2.29. The molecular formula is C26H28N4O2S. The lowest BCUT2D eigenvalue weighted by molar-refractivity contribution is 0.0303. The molecule has 0 atom stereocenters. The number of rotatable bonds is 6. The maximum Gasteiger partial charge on any atom is 0.254 e. The fraction of sp³-hybridized carbons (Fsp3) is 0.346. The molecule has 0 aliphatic carbocycles. The third-order valence-corrected chi connectivity index (χ3v) is 6.98. The molecule has 0 unspecified atom stereocenters. The number of nitrogens with zero attached hydrogens (tertiary/aromatic N) is 4. The van der Waals surface area contributed by atoms with Crippen molar-refractivity contribution in [3.63, 3.8) is 0 Å². The predicted octanol–water partition coefficient (Wildman–Crippen LogP) is 4.51. The molecule has 1 amide bonds. The van der Waals surface area contributed by atoms with E-state index in [9.17, 15) is 4.79 Å². The first kappa shape index (κ1) is 21.9. The summed E-state index contributed by atoms with van der Waals surface area (Å²) in [4.78, 5) is 26.6. The molecule has 0 spiro atoms. The highest BCUT2D eigenvalue weighted by molar-refractivity contribution is 7.98. The molecule has 3 heterocycles. The van der Waals surface area contributed by atoms with Gasteiger partial charge < -0.3 is 14.5 Å². The van der Waals surface area contributed by atoms with E-state index < -0.39 is 0 Å². The van der Waals surface area contributed by atoms with Gasteiger partial charge in [-0.2, -0.15) is 0 Å². The summed E-state index contributed by atoms with van der Waals surface area (Å²) in [5.41, 5.74) is 3.94. The van der Waals surface area contributed by atoms with Crippen molar-refractivity contribution in [3.05, 3.63) is 71.8 Å². The van der Waals surface area contributed by atoms with Crippen molar-refractivity contribution in [2.45, 2.75) is 23.8 Å². The van der Waals surface area contributed by atoms with Crippen molar-refractivity contribution < 1.29 is 9.53 Å². The molecule has 0 saturated carbocycles. The van der Waals surface area contributed by atoms with Crippen molar-refractivity contribution in [2.24, 2.45) is 0 Å². The lowest BCUT2D eigenvalue weighted by atomic mass is 10.1. The molecule has 2 aliphatic rings. The van der Waals surface area contributed by atoms with Crippen LogP contribution in [0.4, 0.5) is 5.82 Å². The van der Waals surface area contributed by atoms with Crippen molar-refractivity contribution in [3.8, 4) is 11.3 Å². The maximum atomic E-state index is 12.7. The Labute approximate surface area is 199 Å². The number of carbonyl (C=O) groups excluding carboxylic acids is 1. The number of aromatic nitrogens is 2. The van der Waals surface area contributed by atoms with Gasteiger partial charge in [-0.25, -0.2) is 9.97 Å². The Balaban J connectivity index is 1.30. The van der Waals surface area contributed by atoms with Gasteiger partial charge in [-0.1, -0.05) is 54.2 Å². The normalized spacial score (nSPS) is 16.2. The highest BCUT2D eigenvalue weighted by atomic mass is 32.2. The molecule has 0 bridgehead atoms. The number of hydrogen-bond acceptors (Lipinski definition) is 6. The predicted molar refractivity (Wildman–Crippen MR) is 132 cm³/mol. The smallest absolute Gasteiger partial charge is 0.254 e. The van der Waals surface area contributed by atoms with Crippen LogP contribution in [0.25, 0.3) is 11.3 Å². The number of amides is 1. The summed E-state index contributed by atoms with van der Waals surface area (Å²) in [6.45, 7) is 4.64. The molecule has 6 nitrogen and oxygen atoms in total. The number of carbonyl (C=O) groups is 1. The first-order chi connectivity index (χ1) is 16.3. The number of hydrogen-bond donors (Lipinski definition) is 0. The van der Waals surface area contributed by atoms with Crippen molar-refractivity contribution >= 4 is 23.5 Å². The average molecular weight is 461 g/mol. The van der Waals surface area contributed by atoms with E-state index in [0.29, 0.717) is 26.3 Å². The summed E-state index contributed by atoms with van der Waals surface area (Å²) in [7, 11) is 0. The monoisotopic (exact) mass is 460 g/mol. The van der Waals surface area contributed by atoms with Gasteiger partial charge in [0.1, 0.15) is 5.82 Å². The van der Waals surface area contributed by atoms with Gasteiger partial charge in [0.2, 0.25) is 0 Å². The molecular weight excluding hydrogens is 432 g/mol. The Morgan fingerprint density at radius 1 is 0.909 bits per heavy atom. The van der Waals surface area contributed by atoms with Crippen LogP contribution in [0.1, 0.15) is 28.8 Å². The van der Waals surface area contributed by atoms with E-state index in [-0.39, 0.29) is 5.91 Å². The zero-order valence-corrected chi connectivity index (χ0v) is 19.5. The largest absolute Gasteiger partial charge is 0.378 e. The minimum atomic E-state index is 0.0756. The number of benzene rings is 2. The highest BCUT2D eigenvalue weighted by Gasteiger charge is 2.19. The second-order valence-corrected chi connectivity index (χ2v) is 9.29. The second kappa shape index (κ2) is 10.4. The Bertz CT molecular complexity index is 1080. The fourth-order valence-electron chi connectivity index (χ4n) is 4.18. The summed E-state index contributed by atoms with van der Waals surface area (Å²) in [6.07, 6.45) is 2.42. The van der Waals surface area contributed by atoms with Crippen LogP contribution in [-0.4, -0.2) is 60.2 Å². The zero-order chi connectivity index (χ0) is 22.5. The van der Waals surface area contributed by atoms with Crippen LogP contribution in [0.15, 0.2) is 65.8 Å². The molecule has 2 saturated heterocycles. The van der Waals surface area contributed by atoms with Gasteiger partial charge in [-0.3, -0.25) is 4.79 Å². The lowest BCUT2D eigenvalue weighted by Crippen LogP contribution is -2.40. The van der Waals surface area contributed by atoms with Gasteiger partial charge in [0.25, 0.3) is 5.91 Å². The number of thioether (sulfide) groups is 1. The van der Waals surface area contributed by atoms with Crippen LogP contribution >= 0.6 is 11.8 Å². The minimum Gasteiger partial charge on any atom is -0.378 e. The van der Waals surface area contributed by atoms with E-state index in [1.54, 1.807) is 11.8 Å². The SMILES string of the molecule is O=C(c1ccc(CSc2nc(-c3ccccc3)cc(N3CCCC3)n2)cc1)N1CCOCC1. The maximum absolute atomic E-state index is 12.7. The summed E-state index contributed by atoms with van der Waals surface area (Å²) >= 11 is 1.64. The van der Waals surface area contributed by atoms with E-state index >= 15 is 0 Å². The molecule has 170 valence electrons. The minimum absolute atomic E-state index is 0.0756. The van der Waals surface area contributed by atoms with Gasteiger partial charge in [-0.05, 0) is 30.5 Å². The van der Waals surface area contributed by atoms with E-state index in [2.05, 4.69) is 23.1 Å². The summed E-state index contributed by atoms with van der Waals surface area (Å²) in [5, 5.41) is 0.784. The Hall–Kier alpha value is -2.90. The molecule has 0 N–H and O–H groups in total. The summed E-state index contributed by atoms with van der Waals surface area (Å²) in [6, 6.07) is 20.3. The van der Waals surface area contributed by atoms with Crippen LogP contribution in [0.5, 0.6) is 0 Å². The quantitative estimate of drug-likeness (QED) is 0.399. The van der Waals surface area contributed by atoms with Gasteiger partial charge in [0, 0.05) is 49.1 Å². The molecule has 1 aromatic heterocycles. The van der Waals surface area contributed by atoms with Gasteiger partial charge in [0.05, 0.1) is 18.9 Å². The van der Waals surface area contributed by atoms with Gasteiger partial charge >= 0.3 is 0 Å². The molecule has 0 radical (unpaired) electrons. The number of anilines is 1. The van der Waals surface area contributed by atoms with E-state index in [4.69, 9.17) is 14.7 Å². The van der Waals surface area contributed by atoms with Crippen molar-refractivity contribution in [1.29, 1.82) is 0 Å². The first-order valence-electron chi connectivity index (χ1n) is 11.5. The molecule has 2 fully saturated rings. The van der Waals surface area contributed by atoms with Crippen LogP contribution in [0.3, 0.4) is 0 Å². The fourth-order valence-corrected chi connectivity index (χ4v) is 4.99. The van der Waals surface area contributed by atoms with E-state index in [1.165, 1.54) is 12.8 Å². The average Bonchev–Trinajstić information content (AvgIpc) is 3.44. The first-order valence-corrected chi connectivity index (χ1v) is 12.5. The van der Waals surface area contributed by atoms with Gasteiger partial charge in [-0.15, -0.1) is 0 Å². The molecule has 2 aromatic carbocycles. The third-order valence-electron chi connectivity index (χ3n) is 6.06. The summed E-state index contributed by atoms with van der Waals surface area (Å²) in [5.74, 6) is 1.84. The van der Waals surface area contributed by atoms with Crippen LogP contribution < -0.4 is 4.90 Å². The molecule has 5 rings (SSSR count). The van der Waals surface area contributed by atoms with Gasteiger partial charge in [0.15, 0.2) is 5.16 Å². The molecule has 33 heavy (non-hydrogen) atoms. The second-order valence-electron chi connectivity index (χ2n) is 8.34. The van der Waals surface area contributed by atoms with E-state index in [0.717, 1.165) is 52.2 Å².